The van der Waals surface area contributed by atoms with E-state index < -0.39 is 5.54 Å². The van der Waals surface area contributed by atoms with Crippen molar-refractivity contribution in [3.05, 3.63) is 0 Å². The van der Waals surface area contributed by atoms with Gasteiger partial charge in [-0.15, -0.1) is 0 Å². The van der Waals surface area contributed by atoms with Crippen molar-refractivity contribution < 1.29 is 14.3 Å². The Hall–Kier alpha value is -0.900. The number of hydrogen-bond donors (Lipinski definition) is 1. The molecule has 0 radical (unpaired) electrons. The Bertz CT molecular complexity index is 407. The Morgan fingerprint density at radius 2 is 2.06 bits per heavy atom. The molecule has 17 heavy (non-hydrogen) atoms. The molecule has 0 aromatic rings. The molecular weight excluding hydrogens is 218 g/mol. The molecule has 3 aliphatic rings. The van der Waals surface area contributed by atoms with E-state index in [4.69, 9.17) is 4.74 Å². The minimum Gasteiger partial charge on any atom is -0.468 e. The summed E-state index contributed by atoms with van der Waals surface area (Å²) in [4.78, 5) is 24.3. The molecule has 3 atom stereocenters. The number of methoxy groups -OCH3 is 1. The standard InChI is InChI=1S/C13H19NO3/c1-11-6-4-7-12(10(16)17-2)13(11,14-12)8-3-5-9(11)15/h14H,3-8H2,1-2H3/t11-,12+,13+/m0/s1. The molecule has 1 saturated heterocycles. The van der Waals surface area contributed by atoms with Gasteiger partial charge in [-0.1, -0.05) is 6.92 Å². The summed E-state index contributed by atoms with van der Waals surface area (Å²) in [5, 5.41) is 3.39. The van der Waals surface area contributed by atoms with Gasteiger partial charge in [-0.2, -0.15) is 0 Å². The highest BCUT2D eigenvalue weighted by atomic mass is 16.5. The average Bonchev–Trinajstić information content (AvgIpc) is 2.99. The molecule has 3 fully saturated rings. The van der Waals surface area contributed by atoms with Gasteiger partial charge in [-0.25, -0.2) is 4.79 Å². The average molecular weight is 237 g/mol. The molecule has 2 aliphatic carbocycles. The highest BCUT2D eigenvalue weighted by molar-refractivity contribution is 5.96. The van der Waals surface area contributed by atoms with E-state index in [9.17, 15) is 9.59 Å². The zero-order valence-corrected chi connectivity index (χ0v) is 10.5. The van der Waals surface area contributed by atoms with Crippen LogP contribution in [0, 0.1) is 5.41 Å². The van der Waals surface area contributed by atoms with Crippen LogP contribution in [0.15, 0.2) is 0 Å². The summed E-state index contributed by atoms with van der Waals surface area (Å²) >= 11 is 0. The van der Waals surface area contributed by atoms with Gasteiger partial charge in [0.2, 0.25) is 0 Å². The summed E-state index contributed by atoms with van der Waals surface area (Å²) in [7, 11) is 1.43. The predicted molar refractivity (Wildman–Crippen MR) is 61.4 cm³/mol. The molecule has 0 bridgehead atoms. The van der Waals surface area contributed by atoms with Crippen molar-refractivity contribution in [1.82, 2.24) is 5.32 Å². The van der Waals surface area contributed by atoms with Crippen molar-refractivity contribution in [3.8, 4) is 0 Å². The van der Waals surface area contributed by atoms with E-state index in [0.717, 1.165) is 32.1 Å². The largest absolute Gasteiger partial charge is 0.468 e. The Morgan fingerprint density at radius 1 is 1.29 bits per heavy atom. The van der Waals surface area contributed by atoms with Crippen molar-refractivity contribution in [2.75, 3.05) is 7.11 Å². The molecule has 4 heteroatoms. The molecule has 1 heterocycles. The molecule has 0 aromatic carbocycles. The molecule has 0 amide bonds. The SMILES string of the molecule is COC(=O)[C@]12CCC[C@@]3(C)C(=O)CCC[C@@]31N2. The monoisotopic (exact) mass is 237 g/mol. The van der Waals surface area contributed by atoms with E-state index >= 15 is 0 Å². The van der Waals surface area contributed by atoms with Crippen molar-refractivity contribution in [1.29, 1.82) is 0 Å². The number of rotatable bonds is 1. The first-order valence-corrected chi connectivity index (χ1v) is 6.43. The Morgan fingerprint density at radius 3 is 2.76 bits per heavy atom. The highest BCUT2D eigenvalue weighted by Crippen LogP contribution is 2.64. The Balaban J connectivity index is 2.04. The summed E-state index contributed by atoms with van der Waals surface area (Å²) in [5.41, 5.74) is -1.23. The molecule has 3 rings (SSSR count). The number of ether oxygens (including phenoxy) is 1. The molecule has 2 saturated carbocycles. The van der Waals surface area contributed by atoms with E-state index in [1.807, 2.05) is 6.92 Å². The van der Waals surface area contributed by atoms with Crippen LogP contribution >= 0.6 is 0 Å². The third-order valence-corrected chi connectivity index (χ3v) is 5.37. The molecule has 0 aromatic heterocycles. The fourth-order valence-corrected chi connectivity index (χ4v) is 4.36. The number of esters is 1. The molecule has 1 spiro atoms. The van der Waals surface area contributed by atoms with Crippen LogP contribution in [0.1, 0.15) is 45.4 Å². The van der Waals surface area contributed by atoms with Crippen LogP contribution in [0.2, 0.25) is 0 Å². The molecule has 4 nitrogen and oxygen atoms in total. The summed E-state index contributed by atoms with van der Waals surface area (Å²) in [5.74, 6) is 0.139. The van der Waals surface area contributed by atoms with E-state index in [-0.39, 0.29) is 16.9 Å². The van der Waals surface area contributed by atoms with E-state index in [2.05, 4.69) is 5.32 Å². The van der Waals surface area contributed by atoms with Gasteiger partial charge in [-0.3, -0.25) is 10.1 Å². The zero-order valence-electron chi connectivity index (χ0n) is 10.5. The van der Waals surface area contributed by atoms with Crippen LogP contribution < -0.4 is 5.32 Å². The highest BCUT2D eigenvalue weighted by Gasteiger charge is 2.81. The normalized spacial score (nSPS) is 48.0. The van der Waals surface area contributed by atoms with E-state index in [1.54, 1.807) is 0 Å². The quantitative estimate of drug-likeness (QED) is 0.549. The van der Waals surface area contributed by atoms with Gasteiger partial charge in [0.1, 0.15) is 11.3 Å². The number of Topliss-reactive ketones (excluding diaryl/α,β-unsaturated/α-hetero) is 1. The smallest absolute Gasteiger partial charge is 0.328 e. The number of carbonyl (C=O) groups excluding carboxylic acids is 2. The molecule has 1 N–H and O–H groups in total. The van der Waals surface area contributed by atoms with Gasteiger partial charge in [0.05, 0.1) is 12.6 Å². The lowest BCUT2D eigenvalue weighted by Gasteiger charge is -2.44. The summed E-state index contributed by atoms with van der Waals surface area (Å²) in [6.07, 6.45) is 5.11. The minimum absolute atomic E-state index is 0.182. The van der Waals surface area contributed by atoms with Crippen LogP contribution in [0.25, 0.3) is 0 Å². The summed E-state index contributed by atoms with van der Waals surface area (Å²) in [6, 6.07) is 0. The van der Waals surface area contributed by atoms with Gasteiger partial charge < -0.3 is 4.74 Å². The molecule has 0 unspecified atom stereocenters. The van der Waals surface area contributed by atoms with Crippen LogP contribution in [0.4, 0.5) is 0 Å². The molecular formula is C13H19NO3. The van der Waals surface area contributed by atoms with Crippen LogP contribution in [0.3, 0.4) is 0 Å². The lowest BCUT2D eigenvalue weighted by Crippen LogP contribution is -2.55. The van der Waals surface area contributed by atoms with Crippen LogP contribution in [-0.4, -0.2) is 29.9 Å². The fraction of sp³-hybridized carbons (Fsp3) is 0.846. The third kappa shape index (κ3) is 1.03. The van der Waals surface area contributed by atoms with Gasteiger partial charge >= 0.3 is 5.97 Å². The fourth-order valence-electron chi connectivity index (χ4n) is 4.36. The lowest BCUT2D eigenvalue weighted by atomic mass is 9.56. The number of ketones is 1. The van der Waals surface area contributed by atoms with Crippen molar-refractivity contribution in [2.45, 2.75) is 56.5 Å². The molecule has 94 valence electrons. The van der Waals surface area contributed by atoms with Gasteiger partial charge in [0.25, 0.3) is 0 Å². The van der Waals surface area contributed by atoms with E-state index in [0.29, 0.717) is 12.2 Å². The lowest BCUT2D eigenvalue weighted by molar-refractivity contribution is -0.147. The maximum atomic E-state index is 12.2. The first-order valence-electron chi connectivity index (χ1n) is 6.43. The topological polar surface area (TPSA) is 65.3 Å². The van der Waals surface area contributed by atoms with Crippen LogP contribution in [-0.2, 0) is 14.3 Å². The number of nitrogens with one attached hydrogen (secondary N) is 1. The van der Waals surface area contributed by atoms with Gasteiger partial charge in [0.15, 0.2) is 0 Å². The second-order valence-electron chi connectivity index (χ2n) is 5.89. The summed E-state index contributed by atoms with van der Waals surface area (Å²) in [6.45, 7) is 2.03. The second-order valence-corrected chi connectivity index (χ2v) is 5.89. The van der Waals surface area contributed by atoms with Gasteiger partial charge in [0, 0.05) is 11.8 Å². The maximum Gasteiger partial charge on any atom is 0.328 e. The molecule has 1 aliphatic heterocycles. The van der Waals surface area contributed by atoms with Gasteiger partial charge in [-0.05, 0) is 32.1 Å². The van der Waals surface area contributed by atoms with Crippen LogP contribution in [0.5, 0.6) is 0 Å². The summed E-state index contributed by atoms with van der Waals surface area (Å²) < 4.78 is 4.95. The van der Waals surface area contributed by atoms with Crippen molar-refractivity contribution in [3.63, 3.8) is 0 Å². The maximum absolute atomic E-state index is 12.2. The first kappa shape index (κ1) is 11.2. The van der Waals surface area contributed by atoms with Crippen molar-refractivity contribution in [2.24, 2.45) is 5.41 Å². The number of carbonyl (C=O) groups is 2. The third-order valence-electron chi connectivity index (χ3n) is 5.37. The van der Waals surface area contributed by atoms with Crippen molar-refractivity contribution >= 4 is 11.8 Å². The first-order chi connectivity index (χ1) is 8.02. The second kappa shape index (κ2) is 3.10. The van der Waals surface area contributed by atoms with E-state index in [1.165, 1.54) is 7.11 Å². The minimum atomic E-state index is -0.565. The number of hydrogen-bond acceptors (Lipinski definition) is 4. The Kier molecular flexibility index (Phi) is 2.05. The Labute approximate surface area is 101 Å². The predicted octanol–water partition coefficient (Wildman–Crippen LogP) is 1.18. The zero-order chi connectivity index (χ0) is 12.3.